The standard InChI is InChI=1S/C10H15NO/c1-10(2,3)9(12)8(6-11)7-4-5-7/h7-8H,4-5H2,1-3H3. The molecule has 1 fully saturated rings. The van der Waals surface area contributed by atoms with Gasteiger partial charge in [-0.15, -0.1) is 0 Å². The van der Waals surface area contributed by atoms with Crippen LogP contribution in [0.4, 0.5) is 0 Å². The van der Waals surface area contributed by atoms with E-state index in [1.54, 1.807) is 0 Å². The summed E-state index contributed by atoms with van der Waals surface area (Å²) in [5.74, 6) is 0.124. The molecule has 12 heavy (non-hydrogen) atoms. The van der Waals surface area contributed by atoms with E-state index in [1.165, 1.54) is 0 Å². The number of hydrogen-bond donors (Lipinski definition) is 0. The first-order chi connectivity index (χ1) is 5.46. The topological polar surface area (TPSA) is 40.9 Å². The van der Waals surface area contributed by atoms with E-state index in [2.05, 4.69) is 6.07 Å². The summed E-state index contributed by atoms with van der Waals surface area (Å²) in [7, 11) is 0. The van der Waals surface area contributed by atoms with E-state index in [-0.39, 0.29) is 17.1 Å². The Labute approximate surface area is 73.6 Å². The first-order valence-electron chi connectivity index (χ1n) is 4.40. The highest BCUT2D eigenvalue weighted by Gasteiger charge is 2.40. The van der Waals surface area contributed by atoms with Crippen LogP contribution in [0.5, 0.6) is 0 Å². The van der Waals surface area contributed by atoms with Crippen molar-refractivity contribution in [1.82, 2.24) is 0 Å². The summed E-state index contributed by atoms with van der Waals surface area (Å²) in [6, 6.07) is 2.12. The van der Waals surface area contributed by atoms with Crippen molar-refractivity contribution in [3.05, 3.63) is 0 Å². The Morgan fingerprint density at radius 1 is 1.50 bits per heavy atom. The Bertz CT molecular complexity index is 227. The molecule has 0 aromatic carbocycles. The molecule has 1 aliphatic carbocycles. The largest absolute Gasteiger partial charge is 0.298 e. The van der Waals surface area contributed by atoms with Crippen LogP contribution >= 0.6 is 0 Å². The van der Waals surface area contributed by atoms with E-state index in [4.69, 9.17) is 5.26 Å². The summed E-state index contributed by atoms with van der Waals surface area (Å²) in [5.41, 5.74) is -0.358. The Morgan fingerprint density at radius 3 is 2.25 bits per heavy atom. The number of carbonyl (C=O) groups excluding carboxylic acids is 1. The van der Waals surface area contributed by atoms with E-state index < -0.39 is 0 Å². The maximum Gasteiger partial charge on any atom is 0.155 e. The molecule has 1 rings (SSSR count). The highest BCUT2D eigenvalue weighted by Crippen LogP contribution is 2.39. The second-order valence-corrected chi connectivity index (χ2v) is 4.56. The van der Waals surface area contributed by atoms with Crippen LogP contribution in [0.3, 0.4) is 0 Å². The third-order valence-corrected chi connectivity index (χ3v) is 2.25. The summed E-state index contributed by atoms with van der Waals surface area (Å²) >= 11 is 0. The molecule has 0 spiro atoms. The number of nitriles is 1. The number of hydrogen-bond acceptors (Lipinski definition) is 2. The van der Waals surface area contributed by atoms with Crippen molar-refractivity contribution in [3.8, 4) is 6.07 Å². The van der Waals surface area contributed by atoms with Crippen LogP contribution in [-0.4, -0.2) is 5.78 Å². The van der Waals surface area contributed by atoms with Crippen LogP contribution < -0.4 is 0 Å². The highest BCUT2D eigenvalue weighted by atomic mass is 16.1. The fourth-order valence-electron chi connectivity index (χ4n) is 1.27. The molecule has 2 nitrogen and oxygen atoms in total. The molecule has 1 saturated carbocycles. The zero-order chi connectivity index (χ0) is 9.35. The number of carbonyl (C=O) groups is 1. The van der Waals surface area contributed by atoms with Crippen LogP contribution in [0.2, 0.25) is 0 Å². The minimum atomic E-state index is -0.358. The van der Waals surface area contributed by atoms with Crippen LogP contribution in [-0.2, 0) is 4.79 Å². The molecule has 0 amide bonds. The van der Waals surface area contributed by atoms with Gasteiger partial charge in [-0.25, -0.2) is 0 Å². The van der Waals surface area contributed by atoms with Gasteiger partial charge in [-0.1, -0.05) is 20.8 Å². The smallest absolute Gasteiger partial charge is 0.155 e. The van der Waals surface area contributed by atoms with Crippen molar-refractivity contribution < 1.29 is 4.79 Å². The van der Waals surface area contributed by atoms with Gasteiger partial charge in [-0.3, -0.25) is 4.79 Å². The Balaban J connectivity index is 2.67. The molecule has 0 N–H and O–H groups in total. The molecular formula is C10H15NO. The van der Waals surface area contributed by atoms with Crippen molar-refractivity contribution in [1.29, 1.82) is 5.26 Å². The maximum atomic E-state index is 11.7. The highest BCUT2D eigenvalue weighted by molar-refractivity contribution is 5.88. The van der Waals surface area contributed by atoms with Crippen LogP contribution in [0, 0.1) is 28.6 Å². The number of nitrogens with zero attached hydrogens (tertiary/aromatic N) is 1. The molecule has 0 radical (unpaired) electrons. The van der Waals surface area contributed by atoms with Crippen molar-refractivity contribution in [2.45, 2.75) is 33.6 Å². The van der Waals surface area contributed by atoms with Crippen molar-refractivity contribution >= 4 is 5.78 Å². The molecule has 0 bridgehead atoms. The Morgan fingerprint density at radius 2 is 2.00 bits per heavy atom. The van der Waals surface area contributed by atoms with Gasteiger partial charge in [0.15, 0.2) is 5.78 Å². The summed E-state index contributed by atoms with van der Waals surface area (Å²) in [4.78, 5) is 11.7. The third kappa shape index (κ3) is 1.85. The summed E-state index contributed by atoms with van der Waals surface area (Å²) in [6.07, 6.45) is 2.11. The third-order valence-electron chi connectivity index (χ3n) is 2.25. The monoisotopic (exact) mass is 165 g/mol. The maximum absolute atomic E-state index is 11.7. The van der Waals surface area contributed by atoms with E-state index in [0.717, 1.165) is 12.8 Å². The van der Waals surface area contributed by atoms with Gasteiger partial charge in [0, 0.05) is 5.41 Å². The average molecular weight is 165 g/mol. The lowest BCUT2D eigenvalue weighted by Gasteiger charge is -2.19. The first kappa shape index (κ1) is 9.25. The molecule has 66 valence electrons. The molecule has 1 atom stereocenters. The first-order valence-corrected chi connectivity index (χ1v) is 4.40. The molecule has 0 aliphatic heterocycles. The zero-order valence-corrected chi connectivity index (χ0v) is 7.92. The van der Waals surface area contributed by atoms with Crippen molar-refractivity contribution in [2.75, 3.05) is 0 Å². The molecule has 0 aromatic heterocycles. The van der Waals surface area contributed by atoms with E-state index in [1.807, 2.05) is 20.8 Å². The molecule has 0 aromatic rings. The predicted octanol–water partition coefficient (Wildman–Crippen LogP) is 2.15. The Hall–Kier alpha value is -0.840. The van der Waals surface area contributed by atoms with E-state index in [9.17, 15) is 4.79 Å². The minimum absolute atomic E-state index is 0.104. The van der Waals surface area contributed by atoms with Gasteiger partial charge in [0.25, 0.3) is 0 Å². The fourth-order valence-corrected chi connectivity index (χ4v) is 1.27. The Kier molecular flexibility index (Phi) is 2.23. The van der Waals surface area contributed by atoms with Crippen LogP contribution in [0.1, 0.15) is 33.6 Å². The van der Waals surface area contributed by atoms with Gasteiger partial charge >= 0.3 is 0 Å². The lowest BCUT2D eigenvalue weighted by atomic mass is 9.81. The molecule has 1 aliphatic rings. The molecule has 2 heteroatoms. The van der Waals surface area contributed by atoms with Crippen LogP contribution in [0.15, 0.2) is 0 Å². The molecule has 0 heterocycles. The van der Waals surface area contributed by atoms with Gasteiger partial charge in [0.2, 0.25) is 0 Å². The SMILES string of the molecule is CC(C)(C)C(=O)C(C#N)C1CC1. The van der Waals surface area contributed by atoms with Gasteiger partial charge in [0.1, 0.15) is 5.92 Å². The van der Waals surface area contributed by atoms with E-state index >= 15 is 0 Å². The summed E-state index contributed by atoms with van der Waals surface area (Å²) in [6.45, 7) is 5.63. The average Bonchev–Trinajstić information content (AvgIpc) is 2.70. The minimum Gasteiger partial charge on any atom is -0.298 e. The molecule has 0 saturated heterocycles. The number of Topliss-reactive ketones (excluding diaryl/α,β-unsaturated/α-hetero) is 1. The van der Waals surface area contributed by atoms with Gasteiger partial charge in [-0.2, -0.15) is 5.26 Å². The summed E-state index contributed by atoms with van der Waals surface area (Å²) < 4.78 is 0. The summed E-state index contributed by atoms with van der Waals surface area (Å²) in [5, 5.41) is 8.80. The molecule has 1 unspecified atom stereocenters. The quantitative estimate of drug-likeness (QED) is 0.629. The number of rotatable bonds is 2. The van der Waals surface area contributed by atoms with E-state index in [0.29, 0.717) is 5.92 Å². The lowest BCUT2D eigenvalue weighted by molar-refractivity contribution is -0.129. The van der Waals surface area contributed by atoms with Crippen molar-refractivity contribution in [2.24, 2.45) is 17.3 Å². The normalized spacial score (nSPS) is 19.8. The zero-order valence-electron chi connectivity index (χ0n) is 7.92. The predicted molar refractivity (Wildman–Crippen MR) is 46.3 cm³/mol. The second kappa shape index (κ2) is 2.90. The number of ketones is 1. The lowest BCUT2D eigenvalue weighted by Crippen LogP contribution is -2.28. The molecular weight excluding hydrogens is 150 g/mol. The second-order valence-electron chi connectivity index (χ2n) is 4.56. The van der Waals surface area contributed by atoms with Gasteiger partial charge in [-0.05, 0) is 18.8 Å². The van der Waals surface area contributed by atoms with Crippen molar-refractivity contribution in [3.63, 3.8) is 0 Å². The van der Waals surface area contributed by atoms with Gasteiger partial charge in [0.05, 0.1) is 6.07 Å². The van der Waals surface area contributed by atoms with Gasteiger partial charge < -0.3 is 0 Å². The van der Waals surface area contributed by atoms with Crippen LogP contribution in [0.25, 0.3) is 0 Å². The fraction of sp³-hybridized carbons (Fsp3) is 0.800.